The van der Waals surface area contributed by atoms with Crippen molar-refractivity contribution in [1.82, 2.24) is 4.90 Å². The Kier molecular flexibility index (Phi) is 3.64. The van der Waals surface area contributed by atoms with Gasteiger partial charge in [-0.2, -0.15) is 0 Å². The van der Waals surface area contributed by atoms with Gasteiger partial charge in [0.15, 0.2) is 17.3 Å². The van der Waals surface area contributed by atoms with E-state index in [1.54, 1.807) is 6.07 Å². The normalized spacial score (nSPS) is 16.2. The zero-order valence-electron chi connectivity index (χ0n) is 9.72. The molecular weight excluding hydrogens is 218 g/mol. The summed E-state index contributed by atoms with van der Waals surface area (Å²) in [5.74, 6) is -0.426. The zero-order chi connectivity index (χ0) is 12.3. The van der Waals surface area contributed by atoms with E-state index in [1.807, 2.05) is 0 Å². The number of phenols is 2. The average Bonchev–Trinajstić information content (AvgIpc) is 2.82. The number of benzene rings is 1. The van der Waals surface area contributed by atoms with Gasteiger partial charge in [0, 0.05) is 18.5 Å². The maximum Gasteiger partial charge on any atom is 0.164 e. The fourth-order valence-electron chi connectivity index (χ4n) is 2.11. The lowest BCUT2D eigenvalue weighted by Crippen LogP contribution is -2.22. The number of rotatable bonds is 4. The molecule has 2 N–H and O–H groups in total. The Morgan fingerprint density at radius 1 is 1.18 bits per heavy atom. The summed E-state index contributed by atoms with van der Waals surface area (Å²) in [5.41, 5.74) is 0.458. The van der Waals surface area contributed by atoms with E-state index in [-0.39, 0.29) is 17.3 Å². The number of likely N-dealkylation sites (tertiary alicyclic amines) is 1. The van der Waals surface area contributed by atoms with Crippen LogP contribution < -0.4 is 0 Å². The van der Waals surface area contributed by atoms with Crippen molar-refractivity contribution in [2.45, 2.75) is 19.3 Å². The summed E-state index contributed by atoms with van der Waals surface area (Å²) in [6.45, 7) is 2.93. The third kappa shape index (κ3) is 2.97. The molecule has 0 unspecified atom stereocenters. The molecule has 1 aromatic rings. The molecule has 92 valence electrons. The van der Waals surface area contributed by atoms with E-state index in [9.17, 15) is 9.90 Å². The summed E-state index contributed by atoms with van der Waals surface area (Å²) in [6.07, 6.45) is 2.90. The molecule has 1 aromatic carbocycles. The SMILES string of the molecule is O=C(CCN1CCCC1)c1ccc(O)c(O)c1. The van der Waals surface area contributed by atoms with Crippen LogP contribution in [0.5, 0.6) is 11.5 Å². The maximum absolute atomic E-state index is 11.8. The highest BCUT2D eigenvalue weighted by Crippen LogP contribution is 2.25. The first-order chi connectivity index (χ1) is 8.16. The Labute approximate surface area is 100 Å². The average molecular weight is 235 g/mol. The van der Waals surface area contributed by atoms with E-state index < -0.39 is 0 Å². The van der Waals surface area contributed by atoms with Gasteiger partial charge in [-0.3, -0.25) is 4.79 Å². The van der Waals surface area contributed by atoms with Crippen molar-refractivity contribution in [1.29, 1.82) is 0 Å². The van der Waals surface area contributed by atoms with Gasteiger partial charge >= 0.3 is 0 Å². The lowest BCUT2D eigenvalue weighted by molar-refractivity contribution is 0.0968. The van der Waals surface area contributed by atoms with Crippen LogP contribution in [0, 0.1) is 0 Å². The van der Waals surface area contributed by atoms with Crippen LogP contribution >= 0.6 is 0 Å². The molecule has 1 saturated heterocycles. The first-order valence-corrected chi connectivity index (χ1v) is 5.94. The molecular formula is C13H17NO3. The molecule has 0 bridgehead atoms. The number of phenolic OH excluding ortho intramolecular Hbond substituents is 2. The third-order valence-corrected chi connectivity index (χ3v) is 3.15. The van der Waals surface area contributed by atoms with Crippen LogP contribution in [-0.2, 0) is 0 Å². The van der Waals surface area contributed by atoms with Crippen molar-refractivity contribution < 1.29 is 15.0 Å². The van der Waals surface area contributed by atoms with Gasteiger partial charge in [-0.15, -0.1) is 0 Å². The fourth-order valence-corrected chi connectivity index (χ4v) is 2.11. The van der Waals surface area contributed by atoms with Crippen LogP contribution in [0.15, 0.2) is 18.2 Å². The molecule has 4 heteroatoms. The number of nitrogens with zero attached hydrogens (tertiary/aromatic N) is 1. The summed E-state index contributed by atoms with van der Waals surface area (Å²) in [4.78, 5) is 14.1. The van der Waals surface area contributed by atoms with Gasteiger partial charge in [0.05, 0.1) is 0 Å². The first-order valence-electron chi connectivity index (χ1n) is 5.94. The largest absolute Gasteiger partial charge is 0.504 e. The molecule has 1 aliphatic heterocycles. The van der Waals surface area contributed by atoms with E-state index in [4.69, 9.17) is 5.11 Å². The Bertz CT molecular complexity index is 411. The van der Waals surface area contributed by atoms with Crippen LogP contribution in [0.3, 0.4) is 0 Å². The molecule has 0 aliphatic carbocycles. The summed E-state index contributed by atoms with van der Waals surface area (Å²) in [7, 11) is 0. The number of Topliss-reactive ketones (excluding diaryl/α,β-unsaturated/α-hetero) is 1. The second-order valence-corrected chi connectivity index (χ2v) is 4.43. The molecule has 1 aliphatic rings. The van der Waals surface area contributed by atoms with E-state index in [0.29, 0.717) is 12.0 Å². The predicted molar refractivity (Wildman–Crippen MR) is 64.4 cm³/mol. The standard InChI is InChI=1S/C13H17NO3/c15-11(5-8-14-6-1-2-7-14)10-3-4-12(16)13(17)9-10/h3-4,9,16-17H,1-2,5-8H2. The highest BCUT2D eigenvalue weighted by atomic mass is 16.3. The lowest BCUT2D eigenvalue weighted by atomic mass is 10.1. The number of hydrogen-bond donors (Lipinski definition) is 2. The van der Waals surface area contributed by atoms with Crippen LogP contribution in [0.4, 0.5) is 0 Å². The Morgan fingerprint density at radius 2 is 1.88 bits per heavy atom. The minimum Gasteiger partial charge on any atom is -0.504 e. The quantitative estimate of drug-likeness (QED) is 0.616. The van der Waals surface area contributed by atoms with Gasteiger partial charge in [-0.1, -0.05) is 0 Å². The van der Waals surface area contributed by atoms with Crippen molar-refractivity contribution in [2.75, 3.05) is 19.6 Å². The minimum atomic E-state index is -0.239. The summed E-state index contributed by atoms with van der Waals surface area (Å²) < 4.78 is 0. The van der Waals surface area contributed by atoms with Gasteiger partial charge in [0.2, 0.25) is 0 Å². The minimum absolute atomic E-state index is 0.00667. The Balaban J connectivity index is 1.92. The van der Waals surface area contributed by atoms with Crippen LogP contribution in [0.25, 0.3) is 0 Å². The number of ketones is 1. The van der Waals surface area contributed by atoms with Gasteiger partial charge in [0.1, 0.15) is 0 Å². The molecule has 0 aromatic heterocycles. The second-order valence-electron chi connectivity index (χ2n) is 4.43. The molecule has 0 amide bonds. The van der Waals surface area contributed by atoms with Gasteiger partial charge < -0.3 is 15.1 Å². The van der Waals surface area contributed by atoms with Crippen molar-refractivity contribution in [2.24, 2.45) is 0 Å². The van der Waals surface area contributed by atoms with E-state index in [1.165, 1.54) is 25.0 Å². The second kappa shape index (κ2) is 5.19. The highest BCUT2D eigenvalue weighted by molar-refractivity contribution is 5.96. The molecule has 0 radical (unpaired) electrons. The fraction of sp³-hybridized carbons (Fsp3) is 0.462. The van der Waals surface area contributed by atoms with E-state index in [0.717, 1.165) is 19.6 Å². The smallest absolute Gasteiger partial charge is 0.164 e. The van der Waals surface area contributed by atoms with Crippen LogP contribution in [0.1, 0.15) is 29.6 Å². The van der Waals surface area contributed by atoms with Crippen LogP contribution in [-0.4, -0.2) is 40.5 Å². The summed E-state index contributed by atoms with van der Waals surface area (Å²) >= 11 is 0. The monoisotopic (exact) mass is 235 g/mol. The number of hydrogen-bond acceptors (Lipinski definition) is 4. The predicted octanol–water partition coefficient (Wildman–Crippen LogP) is 1.77. The summed E-state index contributed by atoms with van der Waals surface area (Å²) in [5, 5.41) is 18.5. The van der Waals surface area contributed by atoms with Crippen LogP contribution in [0.2, 0.25) is 0 Å². The van der Waals surface area contributed by atoms with Gasteiger partial charge in [-0.25, -0.2) is 0 Å². The van der Waals surface area contributed by atoms with E-state index >= 15 is 0 Å². The molecule has 1 heterocycles. The number of aromatic hydroxyl groups is 2. The van der Waals surface area contributed by atoms with Crippen molar-refractivity contribution in [3.05, 3.63) is 23.8 Å². The molecule has 17 heavy (non-hydrogen) atoms. The first kappa shape index (κ1) is 11.9. The maximum atomic E-state index is 11.8. The molecule has 4 nitrogen and oxygen atoms in total. The highest BCUT2D eigenvalue weighted by Gasteiger charge is 2.14. The van der Waals surface area contributed by atoms with E-state index in [2.05, 4.69) is 4.90 Å². The van der Waals surface area contributed by atoms with Gasteiger partial charge in [-0.05, 0) is 44.1 Å². The molecule has 0 spiro atoms. The molecule has 1 fully saturated rings. The molecule has 0 saturated carbocycles. The Hall–Kier alpha value is -1.55. The van der Waals surface area contributed by atoms with Gasteiger partial charge in [0.25, 0.3) is 0 Å². The third-order valence-electron chi connectivity index (χ3n) is 3.15. The van der Waals surface area contributed by atoms with Crippen molar-refractivity contribution in [3.8, 4) is 11.5 Å². The zero-order valence-corrected chi connectivity index (χ0v) is 9.72. The topological polar surface area (TPSA) is 60.8 Å². The molecule has 2 rings (SSSR count). The number of carbonyl (C=O) groups excluding carboxylic acids is 1. The van der Waals surface area contributed by atoms with Crippen molar-refractivity contribution in [3.63, 3.8) is 0 Å². The summed E-state index contributed by atoms with van der Waals surface area (Å²) in [6, 6.07) is 4.21. The molecule has 0 atom stereocenters. The van der Waals surface area contributed by atoms with Crippen molar-refractivity contribution >= 4 is 5.78 Å². The lowest BCUT2D eigenvalue weighted by Gasteiger charge is -2.13. The number of carbonyl (C=O) groups is 1. The Morgan fingerprint density at radius 3 is 2.53 bits per heavy atom.